The number of hydrogen-bond donors (Lipinski definition) is 1. The number of pyridine rings is 2. The van der Waals surface area contributed by atoms with Crippen molar-refractivity contribution in [2.75, 3.05) is 7.05 Å². The maximum Gasteiger partial charge on any atom is 0.189 e. The minimum atomic E-state index is -0.0128. The van der Waals surface area contributed by atoms with Gasteiger partial charge in [0.1, 0.15) is 0 Å². The molecule has 0 amide bonds. The van der Waals surface area contributed by atoms with Crippen molar-refractivity contribution in [2.45, 2.75) is 19.5 Å². The Morgan fingerprint density at radius 2 is 2.00 bits per heavy atom. The van der Waals surface area contributed by atoms with Crippen LogP contribution in [0.4, 0.5) is 0 Å². The molecule has 2 heterocycles. The maximum absolute atomic E-state index is 12.3. The van der Waals surface area contributed by atoms with E-state index in [1.165, 1.54) is 5.56 Å². The Morgan fingerprint density at radius 1 is 1.26 bits per heavy atom. The molecule has 3 aromatic rings. The largest absolute Gasteiger partial charge is 0.356 e. The smallest absolute Gasteiger partial charge is 0.189 e. The van der Waals surface area contributed by atoms with Crippen LogP contribution in [-0.4, -0.2) is 21.9 Å². The fourth-order valence-electron chi connectivity index (χ4n) is 2.68. The topological polar surface area (TPSA) is 49.0 Å². The van der Waals surface area contributed by atoms with Gasteiger partial charge < -0.3 is 4.98 Å². The summed E-state index contributed by atoms with van der Waals surface area (Å²) in [7, 11) is 2.03. The Balaban J connectivity index is 1.89. The number of aromatic nitrogens is 2. The van der Waals surface area contributed by atoms with Crippen LogP contribution in [0.2, 0.25) is 5.02 Å². The molecule has 0 aliphatic rings. The van der Waals surface area contributed by atoms with Crippen LogP contribution >= 0.6 is 11.6 Å². The van der Waals surface area contributed by atoms with E-state index in [-0.39, 0.29) is 11.5 Å². The van der Waals surface area contributed by atoms with Gasteiger partial charge in [-0.1, -0.05) is 17.7 Å². The third-order valence-corrected chi connectivity index (χ3v) is 4.45. The molecule has 0 aliphatic heterocycles. The molecule has 118 valence electrons. The van der Waals surface area contributed by atoms with Gasteiger partial charge in [0.15, 0.2) is 5.43 Å². The third kappa shape index (κ3) is 3.28. The summed E-state index contributed by atoms with van der Waals surface area (Å²) in [5.74, 6) is 0. The van der Waals surface area contributed by atoms with Crippen molar-refractivity contribution in [1.82, 2.24) is 14.9 Å². The zero-order valence-electron chi connectivity index (χ0n) is 13.1. The van der Waals surface area contributed by atoms with E-state index in [4.69, 9.17) is 11.6 Å². The molecule has 0 radical (unpaired) electrons. The van der Waals surface area contributed by atoms with E-state index in [0.717, 1.165) is 5.69 Å². The van der Waals surface area contributed by atoms with Crippen LogP contribution in [0, 0.1) is 0 Å². The van der Waals surface area contributed by atoms with Crippen LogP contribution in [0.3, 0.4) is 0 Å². The molecule has 4 nitrogen and oxygen atoms in total. The van der Waals surface area contributed by atoms with Crippen molar-refractivity contribution in [1.29, 1.82) is 0 Å². The normalized spacial score (nSPS) is 12.7. The van der Waals surface area contributed by atoms with E-state index >= 15 is 0 Å². The van der Waals surface area contributed by atoms with E-state index in [9.17, 15) is 4.79 Å². The predicted octanol–water partition coefficient (Wildman–Crippen LogP) is 3.77. The van der Waals surface area contributed by atoms with Crippen LogP contribution in [-0.2, 0) is 6.54 Å². The number of nitrogens with one attached hydrogen (secondary N) is 1. The number of para-hydroxylation sites is 1. The molecule has 3 rings (SSSR count). The molecular weight excluding hydrogens is 310 g/mol. The first-order valence-electron chi connectivity index (χ1n) is 7.47. The number of hydrogen-bond acceptors (Lipinski definition) is 3. The molecule has 1 atom stereocenters. The number of halogens is 1. The van der Waals surface area contributed by atoms with Crippen LogP contribution in [0.5, 0.6) is 0 Å². The summed E-state index contributed by atoms with van der Waals surface area (Å²) >= 11 is 6.21. The first-order chi connectivity index (χ1) is 11.1. The van der Waals surface area contributed by atoms with E-state index in [1.54, 1.807) is 36.7 Å². The third-order valence-electron chi connectivity index (χ3n) is 4.14. The Bertz CT molecular complexity index is 876. The number of benzene rings is 1. The van der Waals surface area contributed by atoms with Gasteiger partial charge in [0, 0.05) is 42.1 Å². The quantitative estimate of drug-likeness (QED) is 0.793. The summed E-state index contributed by atoms with van der Waals surface area (Å²) < 4.78 is 0. The minimum absolute atomic E-state index is 0.0128. The summed E-state index contributed by atoms with van der Waals surface area (Å²) in [6, 6.07) is 11.2. The fraction of sp³-hybridized carbons (Fsp3) is 0.222. The lowest BCUT2D eigenvalue weighted by Crippen LogP contribution is -2.23. The summed E-state index contributed by atoms with van der Waals surface area (Å²) in [4.78, 5) is 21.8. The van der Waals surface area contributed by atoms with Gasteiger partial charge in [-0.2, -0.15) is 0 Å². The predicted molar refractivity (Wildman–Crippen MR) is 93.7 cm³/mol. The van der Waals surface area contributed by atoms with Crippen molar-refractivity contribution >= 4 is 22.5 Å². The van der Waals surface area contributed by atoms with Crippen molar-refractivity contribution in [3.63, 3.8) is 0 Å². The summed E-state index contributed by atoms with van der Waals surface area (Å²) in [5.41, 5.74) is 2.71. The van der Waals surface area contributed by atoms with E-state index in [2.05, 4.69) is 21.8 Å². The second-order valence-electron chi connectivity index (χ2n) is 5.69. The molecule has 0 bridgehead atoms. The highest BCUT2D eigenvalue weighted by Gasteiger charge is 2.13. The molecule has 23 heavy (non-hydrogen) atoms. The van der Waals surface area contributed by atoms with Crippen molar-refractivity contribution in [3.8, 4) is 0 Å². The van der Waals surface area contributed by atoms with Gasteiger partial charge in [-0.3, -0.25) is 14.7 Å². The number of aromatic amines is 1. The molecule has 0 fully saturated rings. The lowest BCUT2D eigenvalue weighted by Gasteiger charge is -2.25. The molecule has 2 aromatic heterocycles. The SMILES string of the molecule is CC(c1ccncc1)N(C)Cc1cc(=O)c2cccc(Cl)c2[nH]1. The average molecular weight is 328 g/mol. The van der Waals surface area contributed by atoms with Gasteiger partial charge in [-0.05, 0) is 43.8 Å². The second kappa shape index (κ2) is 6.52. The zero-order chi connectivity index (χ0) is 16.4. The molecule has 0 spiro atoms. The summed E-state index contributed by atoms with van der Waals surface area (Å²) in [5, 5.41) is 1.18. The molecular formula is C18H18ClN3O. The monoisotopic (exact) mass is 327 g/mol. The molecule has 1 aromatic carbocycles. The average Bonchev–Trinajstić information content (AvgIpc) is 2.56. The van der Waals surface area contributed by atoms with Crippen LogP contribution < -0.4 is 5.43 Å². The second-order valence-corrected chi connectivity index (χ2v) is 6.10. The van der Waals surface area contributed by atoms with Gasteiger partial charge in [0.05, 0.1) is 10.5 Å². The van der Waals surface area contributed by atoms with E-state index in [0.29, 0.717) is 22.5 Å². The molecule has 0 aliphatic carbocycles. The lowest BCUT2D eigenvalue weighted by molar-refractivity contribution is 0.250. The molecule has 0 saturated heterocycles. The Hall–Kier alpha value is -2.17. The lowest BCUT2D eigenvalue weighted by atomic mass is 10.1. The fourth-order valence-corrected chi connectivity index (χ4v) is 2.90. The maximum atomic E-state index is 12.3. The highest BCUT2D eigenvalue weighted by atomic mass is 35.5. The van der Waals surface area contributed by atoms with E-state index in [1.807, 2.05) is 19.2 Å². The van der Waals surface area contributed by atoms with Gasteiger partial charge in [-0.25, -0.2) is 0 Å². The van der Waals surface area contributed by atoms with Crippen LogP contribution in [0.15, 0.2) is 53.6 Å². The first-order valence-corrected chi connectivity index (χ1v) is 7.84. The van der Waals surface area contributed by atoms with Gasteiger partial charge >= 0.3 is 0 Å². The standard InChI is InChI=1S/C18H18ClN3O/c1-12(13-6-8-20-9-7-13)22(2)11-14-10-17(23)15-4-3-5-16(19)18(15)21-14/h3-10,12H,11H2,1-2H3,(H,21,23). The number of H-pyrrole nitrogens is 1. The number of rotatable bonds is 4. The van der Waals surface area contributed by atoms with Crippen LogP contribution in [0.1, 0.15) is 24.2 Å². The Morgan fingerprint density at radius 3 is 2.74 bits per heavy atom. The zero-order valence-corrected chi connectivity index (χ0v) is 13.8. The first kappa shape index (κ1) is 15.7. The molecule has 0 saturated carbocycles. The van der Waals surface area contributed by atoms with Crippen LogP contribution in [0.25, 0.3) is 10.9 Å². The number of nitrogens with zero attached hydrogens (tertiary/aromatic N) is 2. The molecule has 1 unspecified atom stereocenters. The van der Waals surface area contributed by atoms with Crippen molar-refractivity contribution in [3.05, 3.63) is 75.3 Å². The highest BCUT2D eigenvalue weighted by molar-refractivity contribution is 6.35. The number of fused-ring (bicyclic) bond motifs is 1. The molecule has 1 N–H and O–H groups in total. The van der Waals surface area contributed by atoms with E-state index < -0.39 is 0 Å². The molecule has 5 heteroatoms. The van der Waals surface area contributed by atoms with Gasteiger partial charge in [0.2, 0.25) is 0 Å². The minimum Gasteiger partial charge on any atom is -0.356 e. The summed E-state index contributed by atoms with van der Waals surface area (Å²) in [6.45, 7) is 2.75. The Labute approximate surface area is 139 Å². The van der Waals surface area contributed by atoms with Crippen molar-refractivity contribution < 1.29 is 0 Å². The van der Waals surface area contributed by atoms with Crippen molar-refractivity contribution in [2.24, 2.45) is 0 Å². The highest BCUT2D eigenvalue weighted by Crippen LogP contribution is 2.22. The summed E-state index contributed by atoms with van der Waals surface area (Å²) in [6.07, 6.45) is 3.58. The Kier molecular flexibility index (Phi) is 4.46. The van der Waals surface area contributed by atoms with Gasteiger partial charge in [0.25, 0.3) is 0 Å². The van der Waals surface area contributed by atoms with Gasteiger partial charge in [-0.15, -0.1) is 0 Å².